The number of carbonyl (C=O) groups is 1. The van der Waals surface area contributed by atoms with Crippen LogP contribution in [0.5, 0.6) is 0 Å². The number of rotatable bonds is 3. The van der Waals surface area contributed by atoms with Crippen molar-refractivity contribution in [3.63, 3.8) is 0 Å². The molecular weight excluding hydrogens is 282 g/mol. The summed E-state index contributed by atoms with van der Waals surface area (Å²) in [6.07, 6.45) is 0. The van der Waals surface area contributed by atoms with Gasteiger partial charge in [-0.1, -0.05) is 36.4 Å². The summed E-state index contributed by atoms with van der Waals surface area (Å²) < 4.78 is 26.0. The summed E-state index contributed by atoms with van der Waals surface area (Å²) in [6, 6.07) is 18.5. The van der Waals surface area contributed by atoms with E-state index in [9.17, 15) is 13.6 Å². The highest BCUT2D eigenvalue weighted by atomic mass is 19.1. The third-order valence-corrected chi connectivity index (χ3v) is 3.43. The van der Waals surface area contributed by atoms with E-state index in [1.165, 1.54) is 36.4 Å². The largest absolute Gasteiger partial charge is 0.289 e. The highest BCUT2D eigenvalue weighted by Crippen LogP contribution is 2.26. The van der Waals surface area contributed by atoms with E-state index in [1.54, 1.807) is 24.3 Å². The Morgan fingerprint density at radius 1 is 0.682 bits per heavy atom. The van der Waals surface area contributed by atoms with E-state index >= 15 is 0 Å². The van der Waals surface area contributed by atoms with Crippen molar-refractivity contribution < 1.29 is 13.6 Å². The molecule has 0 aliphatic rings. The summed E-state index contributed by atoms with van der Waals surface area (Å²) in [5.41, 5.74) is 2.39. The first-order chi connectivity index (χ1) is 10.6. The van der Waals surface area contributed by atoms with Gasteiger partial charge in [0.15, 0.2) is 5.78 Å². The Kier molecular flexibility index (Phi) is 3.79. The molecule has 1 nitrogen and oxygen atoms in total. The lowest BCUT2D eigenvalue weighted by Gasteiger charge is -2.09. The normalized spacial score (nSPS) is 10.5. The minimum Gasteiger partial charge on any atom is -0.289 e. The van der Waals surface area contributed by atoms with Crippen LogP contribution in [0.25, 0.3) is 11.1 Å². The van der Waals surface area contributed by atoms with Gasteiger partial charge in [0.25, 0.3) is 0 Å². The number of hydrogen-bond donors (Lipinski definition) is 0. The summed E-state index contributed by atoms with van der Waals surface area (Å²) >= 11 is 0. The van der Waals surface area contributed by atoms with Crippen LogP contribution in [-0.2, 0) is 0 Å². The molecule has 0 saturated heterocycles. The van der Waals surface area contributed by atoms with Crippen LogP contribution in [0.1, 0.15) is 15.9 Å². The number of carbonyl (C=O) groups excluding carboxylic acids is 1. The monoisotopic (exact) mass is 294 g/mol. The van der Waals surface area contributed by atoms with Crippen LogP contribution < -0.4 is 0 Å². The molecule has 0 bridgehead atoms. The Morgan fingerprint density at radius 2 is 1.23 bits per heavy atom. The lowest BCUT2D eigenvalue weighted by atomic mass is 9.94. The molecule has 0 spiro atoms. The molecule has 0 radical (unpaired) electrons. The van der Waals surface area contributed by atoms with Crippen LogP contribution in [0.4, 0.5) is 8.78 Å². The molecule has 0 heterocycles. The second kappa shape index (κ2) is 5.90. The lowest BCUT2D eigenvalue weighted by Crippen LogP contribution is -2.03. The van der Waals surface area contributed by atoms with Gasteiger partial charge >= 0.3 is 0 Å². The van der Waals surface area contributed by atoms with Crippen LogP contribution in [0, 0.1) is 11.6 Å². The first-order valence-corrected chi connectivity index (χ1v) is 6.80. The maximum absolute atomic E-state index is 13.1. The summed E-state index contributed by atoms with van der Waals surface area (Å²) in [4.78, 5) is 12.6. The predicted octanol–water partition coefficient (Wildman–Crippen LogP) is 4.86. The van der Waals surface area contributed by atoms with E-state index in [0.29, 0.717) is 11.1 Å². The smallest absolute Gasteiger partial charge is 0.193 e. The molecule has 0 aliphatic heterocycles. The summed E-state index contributed by atoms with van der Waals surface area (Å²) in [7, 11) is 0. The molecule has 3 aromatic rings. The van der Waals surface area contributed by atoms with Gasteiger partial charge in [0.05, 0.1) is 0 Å². The second-order valence-corrected chi connectivity index (χ2v) is 4.89. The van der Waals surface area contributed by atoms with Gasteiger partial charge < -0.3 is 0 Å². The fraction of sp³-hybridized carbons (Fsp3) is 0. The van der Waals surface area contributed by atoms with E-state index < -0.39 is 0 Å². The highest BCUT2D eigenvalue weighted by Gasteiger charge is 2.14. The summed E-state index contributed by atoms with van der Waals surface area (Å²) in [5, 5.41) is 0. The molecular formula is C19H12F2O. The first-order valence-electron chi connectivity index (χ1n) is 6.80. The minimum atomic E-state index is -0.386. The van der Waals surface area contributed by atoms with Gasteiger partial charge in [0.1, 0.15) is 11.6 Å². The summed E-state index contributed by atoms with van der Waals surface area (Å²) in [6.45, 7) is 0. The average molecular weight is 294 g/mol. The van der Waals surface area contributed by atoms with Gasteiger partial charge in [-0.05, 0) is 47.5 Å². The van der Waals surface area contributed by atoms with Gasteiger partial charge in [-0.2, -0.15) is 0 Å². The molecule has 0 saturated carbocycles. The molecule has 0 unspecified atom stereocenters. The zero-order valence-electron chi connectivity index (χ0n) is 11.6. The Bertz CT molecular complexity index is 806. The average Bonchev–Trinajstić information content (AvgIpc) is 2.56. The molecule has 0 aliphatic carbocycles. The van der Waals surface area contributed by atoms with E-state index in [-0.39, 0.29) is 17.4 Å². The molecule has 3 aromatic carbocycles. The van der Waals surface area contributed by atoms with Crippen LogP contribution >= 0.6 is 0 Å². The maximum Gasteiger partial charge on any atom is 0.193 e. The van der Waals surface area contributed by atoms with Crippen molar-refractivity contribution in [3.8, 4) is 11.1 Å². The number of hydrogen-bond acceptors (Lipinski definition) is 1. The summed E-state index contributed by atoms with van der Waals surface area (Å²) in [5.74, 6) is -0.908. The Hall–Kier alpha value is -2.81. The van der Waals surface area contributed by atoms with Crippen molar-refractivity contribution >= 4 is 5.78 Å². The van der Waals surface area contributed by atoms with E-state index in [0.717, 1.165) is 11.1 Å². The molecule has 108 valence electrons. The predicted molar refractivity (Wildman–Crippen MR) is 81.7 cm³/mol. The van der Waals surface area contributed by atoms with Crippen LogP contribution in [0.2, 0.25) is 0 Å². The van der Waals surface area contributed by atoms with Gasteiger partial charge in [-0.3, -0.25) is 4.79 Å². The quantitative estimate of drug-likeness (QED) is 0.630. The van der Waals surface area contributed by atoms with Crippen molar-refractivity contribution in [1.82, 2.24) is 0 Å². The van der Waals surface area contributed by atoms with Crippen LogP contribution in [-0.4, -0.2) is 5.78 Å². The molecule has 0 amide bonds. The van der Waals surface area contributed by atoms with Gasteiger partial charge in [-0.15, -0.1) is 0 Å². The molecule has 0 aromatic heterocycles. The number of benzene rings is 3. The molecule has 3 heteroatoms. The van der Waals surface area contributed by atoms with E-state index in [2.05, 4.69) is 0 Å². The van der Waals surface area contributed by atoms with Crippen molar-refractivity contribution in [2.45, 2.75) is 0 Å². The van der Waals surface area contributed by atoms with E-state index in [1.807, 2.05) is 12.1 Å². The van der Waals surface area contributed by atoms with Crippen LogP contribution in [0.15, 0.2) is 72.8 Å². The van der Waals surface area contributed by atoms with Crippen molar-refractivity contribution in [1.29, 1.82) is 0 Å². The topological polar surface area (TPSA) is 17.1 Å². The van der Waals surface area contributed by atoms with Gasteiger partial charge in [0, 0.05) is 11.1 Å². The van der Waals surface area contributed by atoms with Crippen molar-refractivity contribution in [2.24, 2.45) is 0 Å². The Balaban J connectivity index is 2.06. The first kappa shape index (κ1) is 14.1. The third-order valence-electron chi connectivity index (χ3n) is 3.43. The molecule has 0 N–H and O–H groups in total. The van der Waals surface area contributed by atoms with E-state index in [4.69, 9.17) is 0 Å². The molecule has 22 heavy (non-hydrogen) atoms. The second-order valence-electron chi connectivity index (χ2n) is 4.89. The Morgan fingerprint density at radius 3 is 1.86 bits per heavy atom. The van der Waals surface area contributed by atoms with Crippen LogP contribution in [0.3, 0.4) is 0 Å². The fourth-order valence-electron chi connectivity index (χ4n) is 2.32. The maximum atomic E-state index is 13.1. The Labute approximate surface area is 126 Å². The molecule has 3 rings (SSSR count). The molecule has 0 fully saturated rings. The van der Waals surface area contributed by atoms with Crippen molar-refractivity contribution in [3.05, 3.63) is 95.6 Å². The fourth-order valence-corrected chi connectivity index (χ4v) is 2.32. The van der Waals surface area contributed by atoms with Gasteiger partial charge in [-0.25, -0.2) is 8.78 Å². The SMILES string of the molecule is O=C(c1ccc(F)cc1)c1ccccc1-c1ccc(F)cc1. The number of ketones is 1. The standard InChI is InChI=1S/C19H12F2O/c20-15-9-5-13(6-10-15)17-3-1-2-4-18(17)19(22)14-7-11-16(21)12-8-14/h1-12H. The molecule has 0 atom stereocenters. The lowest BCUT2D eigenvalue weighted by molar-refractivity contribution is 0.103. The number of halogens is 2. The zero-order chi connectivity index (χ0) is 15.5. The highest BCUT2D eigenvalue weighted by molar-refractivity contribution is 6.12. The van der Waals surface area contributed by atoms with Crippen molar-refractivity contribution in [2.75, 3.05) is 0 Å². The van der Waals surface area contributed by atoms with Gasteiger partial charge in [0.2, 0.25) is 0 Å². The third kappa shape index (κ3) is 2.79. The minimum absolute atomic E-state index is 0.195. The zero-order valence-corrected chi connectivity index (χ0v) is 11.6.